The Morgan fingerprint density at radius 2 is 1.90 bits per heavy atom. The van der Waals surface area contributed by atoms with Crippen molar-refractivity contribution in [2.75, 3.05) is 0 Å². The molecule has 0 amide bonds. The van der Waals surface area contributed by atoms with Crippen LogP contribution in [0.4, 0.5) is 0 Å². The van der Waals surface area contributed by atoms with Crippen LogP contribution in [0.3, 0.4) is 0 Å². The van der Waals surface area contributed by atoms with Crippen LogP contribution in [0.1, 0.15) is 47.5 Å². The molecule has 0 spiro atoms. The Morgan fingerprint density at radius 3 is 2.43 bits per heavy atom. The minimum atomic E-state index is 0.343. The lowest BCUT2D eigenvalue weighted by Crippen LogP contribution is -2.20. The Balaban J connectivity index is 2.10. The topological polar surface area (TPSA) is 40.8 Å². The summed E-state index contributed by atoms with van der Waals surface area (Å²) in [4.78, 5) is 0. The molecule has 110 valence electrons. The fourth-order valence-corrected chi connectivity index (χ4v) is 2.58. The van der Waals surface area contributed by atoms with Gasteiger partial charge in [-0.1, -0.05) is 36.8 Å². The van der Waals surface area contributed by atoms with Crippen molar-refractivity contribution in [1.29, 1.82) is 5.26 Å². The molecule has 1 atom stereocenters. The molecule has 0 fully saturated rings. The van der Waals surface area contributed by atoms with Crippen LogP contribution in [0.5, 0.6) is 0 Å². The van der Waals surface area contributed by atoms with Crippen LogP contribution in [0.25, 0.3) is 0 Å². The van der Waals surface area contributed by atoms with Gasteiger partial charge in [-0.3, -0.25) is 0 Å². The zero-order valence-corrected chi connectivity index (χ0v) is 13.3. The van der Waals surface area contributed by atoms with E-state index in [0.717, 1.165) is 18.7 Å². The predicted octanol–water partition coefficient (Wildman–Crippen LogP) is 3.75. The highest BCUT2D eigenvalue weighted by molar-refractivity contribution is 5.34. The van der Waals surface area contributed by atoms with Gasteiger partial charge in [0, 0.05) is 25.3 Å². The summed E-state index contributed by atoms with van der Waals surface area (Å²) in [5.41, 5.74) is 5.66. The van der Waals surface area contributed by atoms with Gasteiger partial charge in [0.25, 0.3) is 0 Å². The Morgan fingerprint density at radius 1 is 1.24 bits per heavy atom. The lowest BCUT2D eigenvalue weighted by Gasteiger charge is -2.18. The van der Waals surface area contributed by atoms with E-state index in [2.05, 4.69) is 56.4 Å². The molecule has 0 aliphatic carbocycles. The average molecular weight is 281 g/mol. The SMILES string of the molecule is CC[C@H](NCc1cc(C#N)n(C)c1C)c1ccc(C)cc1. The van der Waals surface area contributed by atoms with E-state index < -0.39 is 0 Å². The minimum Gasteiger partial charge on any atom is -0.340 e. The fourth-order valence-electron chi connectivity index (χ4n) is 2.58. The Kier molecular flexibility index (Phi) is 4.82. The number of rotatable bonds is 5. The number of hydrogen-bond donors (Lipinski definition) is 1. The number of nitrogens with one attached hydrogen (secondary N) is 1. The highest BCUT2D eigenvalue weighted by Crippen LogP contribution is 2.19. The third kappa shape index (κ3) is 3.34. The van der Waals surface area contributed by atoms with Crippen molar-refractivity contribution < 1.29 is 0 Å². The molecule has 2 aromatic rings. The summed E-state index contributed by atoms with van der Waals surface area (Å²) < 4.78 is 1.95. The molecule has 1 N–H and O–H groups in total. The maximum Gasteiger partial charge on any atom is 0.120 e. The summed E-state index contributed by atoms with van der Waals surface area (Å²) in [6.45, 7) is 7.14. The van der Waals surface area contributed by atoms with Gasteiger partial charge in [-0.2, -0.15) is 5.26 Å². The van der Waals surface area contributed by atoms with E-state index in [0.29, 0.717) is 11.7 Å². The molecule has 0 radical (unpaired) electrons. The molecule has 3 nitrogen and oxygen atoms in total. The lowest BCUT2D eigenvalue weighted by molar-refractivity contribution is 0.517. The molecule has 21 heavy (non-hydrogen) atoms. The van der Waals surface area contributed by atoms with Crippen molar-refractivity contribution in [2.45, 2.75) is 39.8 Å². The van der Waals surface area contributed by atoms with E-state index >= 15 is 0 Å². The fraction of sp³-hybridized carbons (Fsp3) is 0.389. The first-order valence-electron chi connectivity index (χ1n) is 7.42. The van der Waals surface area contributed by atoms with E-state index in [1.165, 1.54) is 16.7 Å². The van der Waals surface area contributed by atoms with Crippen molar-refractivity contribution in [2.24, 2.45) is 7.05 Å². The second-order valence-electron chi connectivity index (χ2n) is 5.56. The van der Waals surface area contributed by atoms with Crippen molar-refractivity contribution in [3.8, 4) is 6.07 Å². The largest absolute Gasteiger partial charge is 0.340 e. The monoisotopic (exact) mass is 281 g/mol. The highest BCUT2D eigenvalue weighted by atomic mass is 15.0. The van der Waals surface area contributed by atoms with E-state index in [1.54, 1.807) is 0 Å². The standard InChI is InChI=1S/C18H23N3/c1-5-18(15-8-6-13(2)7-9-15)20-12-16-10-17(11-19)21(4)14(16)3/h6-10,18,20H,5,12H2,1-4H3/t18-/m0/s1. The smallest absolute Gasteiger partial charge is 0.120 e. The summed E-state index contributed by atoms with van der Waals surface area (Å²) in [6.07, 6.45) is 1.04. The number of nitriles is 1. The molecular weight excluding hydrogens is 258 g/mol. The normalized spacial score (nSPS) is 12.1. The number of hydrogen-bond acceptors (Lipinski definition) is 2. The predicted molar refractivity (Wildman–Crippen MR) is 85.9 cm³/mol. The van der Waals surface area contributed by atoms with Gasteiger partial charge >= 0.3 is 0 Å². The molecule has 0 aliphatic rings. The van der Waals surface area contributed by atoms with Crippen LogP contribution >= 0.6 is 0 Å². The first-order chi connectivity index (χ1) is 10.1. The number of benzene rings is 1. The summed E-state index contributed by atoms with van der Waals surface area (Å²) >= 11 is 0. The van der Waals surface area contributed by atoms with Crippen LogP contribution in [-0.2, 0) is 13.6 Å². The van der Waals surface area contributed by atoms with Crippen molar-refractivity contribution in [1.82, 2.24) is 9.88 Å². The second-order valence-corrected chi connectivity index (χ2v) is 5.56. The highest BCUT2D eigenvalue weighted by Gasteiger charge is 2.12. The summed E-state index contributed by atoms with van der Waals surface area (Å²) in [6, 6.07) is 13.2. The third-order valence-corrected chi connectivity index (χ3v) is 4.18. The maximum atomic E-state index is 9.09. The first kappa shape index (κ1) is 15.3. The quantitative estimate of drug-likeness (QED) is 0.906. The van der Waals surface area contributed by atoms with Crippen LogP contribution in [0.15, 0.2) is 30.3 Å². The average Bonchev–Trinajstić information content (AvgIpc) is 2.77. The van der Waals surface area contributed by atoms with Crippen LogP contribution in [0.2, 0.25) is 0 Å². The first-order valence-corrected chi connectivity index (χ1v) is 7.42. The van der Waals surface area contributed by atoms with E-state index in [9.17, 15) is 0 Å². The number of aromatic nitrogens is 1. The molecule has 1 aromatic carbocycles. The van der Waals surface area contributed by atoms with Gasteiger partial charge < -0.3 is 9.88 Å². The lowest BCUT2D eigenvalue weighted by atomic mass is 10.0. The molecule has 1 aromatic heterocycles. The maximum absolute atomic E-state index is 9.09. The van der Waals surface area contributed by atoms with Gasteiger partial charge in [0.1, 0.15) is 11.8 Å². The van der Waals surface area contributed by atoms with Crippen LogP contribution < -0.4 is 5.32 Å². The molecule has 3 heteroatoms. The van der Waals surface area contributed by atoms with Gasteiger partial charge in [-0.05, 0) is 37.5 Å². The van der Waals surface area contributed by atoms with Gasteiger partial charge in [-0.25, -0.2) is 0 Å². The Hall–Kier alpha value is -2.05. The molecule has 0 bridgehead atoms. The molecule has 1 heterocycles. The molecule has 0 aliphatic heterocycles. The molecule has 0 saturated carbocycles. The van der Waals surface area contributed by atoms with Gasteiger partial charge in [-0.15, -0.1) is 0 Å². The van der Waals surface area contributed by atoms with Gasteiger partial charge in [0.05, 0.1) is 0 Å². The Bertz CT molecular complexity index is 644. The second kappa shape index (κ2) is 6.60. The number of nitrogens with zero attached hydrogens (tertiary/aromatic N) is 2. The minimum absolute atomic E-state index is 0.343. The van der Waals surface area contributed by atoms with Crippen molar-refractivity contribution in [3.63, 3.8) is 0 Å². The Labute approximate surface area is 127 Å². The molecular formula is C18H23N3. The molecule has 2 rings (SSSR count). The zero-order valence-electron chi connectivity index (χ0n) is 13.3. The van der Waals surface area contributed by atoms with Crippen molar-refractivity contribution in [3.05, 3.63) is 58.4 Å². The van der Waals surface area contributed by atoms with E-state index in [-0.39, 0.29) is 0 Å². The summed E-state index contributed by atoms with van der Waals surface area (Å²) in [5, 5.41) is 12.7. The van der Waals surface area contributed by atoms with E-state index in [4.69, 9.17) is 5.26 Å². The van der Waals surface area contributed by atoms with Gasteiger partial charge in [0.2, 0.25) is 0 Å². The van der Waals surface area contributed by atoms with Crippen molar-refractivity contribution >= 4 is 0 Å². The van der Waals surface area contributed by atoms with Crippen LogP contribution in [-0.4, -0.2) is 4.57 Å². The summed E-state index contributed by atoms with van der Waals surface area (Å²) in [7, 11) is 1.94. The third-order valence-electron chi connectivity index (χ3n) is 4.18. The zero-order chi connectivity index (χ0) is 15.4. The molecule has 0 saturated heterocycles. The van der Waals surface area contributed by atoms with Crippen LogP contribution in [0, 0.1) is 25.2 Å². The van der Waals surface area contributed by atoms with E-state index in [1.807, 2.05) is 17.7 Å². The van der Waals surface area contributed by atoms with Gasteiger partial charge in [0.15, 0.2) is 0 Å². The molecule has 0 unspecified atom stereocenters. The summed E-state index contributed by atoms with van der Waals surface area (Å²) in [5.74, 6) is 0. The number of aryl methyl sites for hydroxylation is 1.